The highest BCUT2D eigenvalue weighted by atomic mass is 31.2. The van der Waals surface area contributed by atoms with Gasteiger partial charge in [-0.3, -0.25) is 0 Å². The summed E-state index contributed by atoms with van der Waals surface area (Å²) in [6.45, 7) is 10.1. The summed E-state index contributed by atoms with van der Waals surface area (Å²) >= 11 is 0. The number of hydrogen-bond acceptors (Lipinski definition) is 4. The summed E-state index contributed by atoms with van der Waals surface area (Å²) in [6, 6.07) is 0. The lowest BCUT2D eigenvalue weighted by atomic mass is 10.5. The molecule has 0 amide bonds. The van der Waals surface area contributed by atoms with Crippen LogP contribution in [0.5, 0.6) is 0 Å². The first kappa shape index (κ1) is 26.7. The molecule has 0 aliphatic heterocycles. The van der Waals surface area contributed by atoms with E-state index in [-0.39, 0.29) is 6.15 Å². The van der Waals surface area contributed by atoms with Gasteiger partial charge in [-0.1, -0.05) is 20.8 Å². The van der Waals surface area contributed by atoms with Crippen LogP contribution in [0.3, 0.4) is 0 Å². The fourth-order valence-corrected chi connectivity index (χ4v) is 0.671. The minimum absolute atomic E-state index is 0. The molecule has 0 aliphatic carbocycles. The van der Waals surface area contributed by atoms with Crippen molar-refractivity contribution >= 4 is 15.6 Å². The summed E-state index contributed by atoms with van der Waals surface area (Å²) < 4.78 is 17.8. The standard InChI is InChI=1S/C6H15N.H3N.2H3O4P/c1-4-7(5-2)6-3;;2*1-5(2,3)4/h4-6H2,1-3H3;1H3;2*(H3,1,2,3,4). The van der Waals surface area contributed by atoms with Crippen molar-refractivity contribution in [3.8, 4) is 0 Å². The Morgan fingerprint density at radius 3 is 0.833 bits per heavy atom. The minimum Gasteiger partial charge on any atom is -0.344 e. The van der Waals surface area contributed by atoms with Crippen LogP contribution in [-0.2, 0) is 9.13 Å². The molecular weight excluding hydrogens is 290 g/mol. The van der Waals surface area contributed by atoms with Crippen LogP contribution in [0.1, 0.15) is 20.8 Å². The Balaban J connectivity index is -0.0000000813. The van der Waals surface area contributed by atoms with Crippen LogP contribution in [0.2, 0.25) is 0 Å². The molecule has 0 rings (SSSR count). The molecule has 12 heteroatoms. The number of hydrogen-bond donors (Lipinski definition) is 7. The SMILES string of the molecule is CCN(CC)CC.N.O=P(O)(O)O.O=P(O)(O)O. The summed E-state index contributed by atoms with van der Waals surface area (Å²) in [4.78, 5) is 45.5. The summed E-state index contributed by atoms with van der Waals surface area (Å²) in [7, 11) is -9.28. The predicted octanol–water partition coefficient (Wildman–Crippen LogP) is -0.347. The average Bonchev–Trinajstić information content (AvgIpc) is 2.01. The maximum absolute atomic E-state index is 8.88. The smallest absolute Gasteiger partial charge is 0.344 e. The summed E-state index contributed by atoms with van der Waals surface area (Å²) in [5.74, 6) is 0. The van der Waals surface area contributed by atoms with E-state index in [2.05, 4.69) is 25.7 Å². The van der Waals surface area contributed by atoms with Gasteiger partial charge in [-0.15, -0.1) is 0 Å². The molecule has 0 fully saturated rings. The average molecular weight is 314 g/mol. The topological polar surface area (TPSA) is 194 Å². The molecule has 0 aromatic carbocycles. The van der Waals surface area contributed by atoms with E-state index in [1.54, 1.807) is 0 Å². The maximum Gasteiger partial charge on any atom is 0.466 e. The van der Waals surface area contributed by atoms with Crippen molar-refractivity contribution < 1.29 is 38.5 Å². The Hall–Kier alpha value is 0.140. The molecule has 18 heavy (non-hydrogen) atoms. The van der Waals surface area contributed by atoms with Crippen LogP contribution in [0.4, 0.5) is 0 Å². The Labute approximate surface area is 106 Å². The first-order valence-corrected chi connectivity index (χ1v) is 7.77. The van der Waals surface area contributed by atoms with E-state index < -0.39 is 15.6 Å². The second-order valence-electron chi connectivity index (χ2n) is 2.65. The third kappa shape index (κ3) is 98.1. The van der Waals surface area contributed by atoms with Crippen molar-refractivity contribution in [2.24, 2.45) is 0 Å². The molecular formula is C6H24N2O8P2. The highest BCUT2D eigenvalue weighted by Gasteiger charge is 2.00. The first-order chi connectivity index (χ1) is 7.35. The molecule has 9 N–H and O–H groups in total. The molecule has 0 aromatic rings. The van der Waals surface area contributed by atoms with Crippen molar-refractivity contribution in [1.29, 1.82) is 0 Å². The Bertz CT molecular complexity index is 206. The largest absolute Gasteiger partial charge is 0.466 e. The van der Waals surface area contributed by atoms with E-state index >= 15 is 0 Å². The number of nitrogens with zero attached hydrogens (tertiary/aromatic N) is 1. The zero-order chi connectivity index (χ0) is 14.7. The van der Waals surface area contributed by atoms with E-state index in [1.807, 2.05) is 0 Å². The fraction of sp³-hybridized carbons (Fsp3) is 1.00. The minimum atomic E-state index is -4.64. The monoisotopic (exact) mass is 314 g/mol. The quantitative estimate of drug-likeness (QED) is 0.338. The van der Waals surface area contributed by atoms with Gasteiger partial charge < -0.3 is 40.4 Å². The highest BCUT2D eigenvalue weighted by molar-refractivity contribution is 7.45. The molecule has 0 bridgehead atoms. The van der Waals surface area contributed by atoms with Gasteiger partial charge in [0.25, 0.3) is 0 Å². The molecule has 0 saturated heterocycles. The van der Waals surface area contributed by atoms with Crippen molar-refractivity contribution in [1.82, 2.24) is 11.1 Å². The van der Waals surface area contributed by atoms with Crippen molar-refractivity contribution in [3.63, 3.8) is 0 Å². The van der Waals surface area contributed by atoms with Gasteiger partial charge in [-0.25, -0.2) is 9.13 Å². The second-order valence-corrected chi connectivity index (χ2v) is 4.70. The molecule has 0 saturated carbocycles. The lowest BCUT2D eigenvalue weighted by molar-refractivity contribution is 0.272. The number of phosphoric acid groups is 2. The van der Waals surface area contributed by atoms with E-state index in [9.17, 15) is 0 Å². The van der Waals surface area contributed by atoms with Gasteiger partial charge in [-0.05, 0) is 19.6 Å². The van der Waals surface area contributed by atoms with E-state index in [0.29, 0.717) is 0 Å². The number of rotatable bonds is 3. The van der Waals surface area contributed by atoms with Crippen LogP contribution in [0.25, 0.3) is 0 Å². The van der Waals surface area contributed by atoms with Gasteiger partial charge in [0, 0.05) is 0 Å². The van der Waals surface area contributed by atoms with Gasteiger partial charge in [0.15, 0.2) is 0 Å². The van der Waals surface area contributed by atoms with Crippen LogP contribution in [0, 0.1) is 0 Å². The van der Waals surface area contributed by atoms with Crippen LogP contribution in [0.15, 0.2) is 0 Å². The molecule has 0 aromatic heterocycles. The van der Waals surface area contributed by atoms with E-state index in [4.69, 9.17) is 38.5 Å². The van der Waals surface area contributed by atoms with Gasteiger partial charge in [0.05, 0.1) is 0 Å². The Morgan fingerprint density at radius 1 is 0.722 bits per heavy atom. The van der Waals surface area contributed by atoms with Crippen LogP contribution < -0.4 is 6.15 Å². The van der Waals surface area contributed by atoms with E-state index in [0.717, 1.165) is 0 Å². The maximum atomic E-state index is 8.88. The van der Waals surface area contributed by atoms with Gasteiger partial charge >= 0.3 is 15.6 Å². The van der Waals surface area contributed by atoms with Gasteiger partial charge in [-0.2, -0.15) is 0 Å². The predicted molar refractivity (Wildman–Crippen MR) is 67.0 cm³/mol. The third-order valence-electron chi connectivity index (χ3n) is 1.34. The zero-order valence-corrected chi connectivity index (χ0v) is 12.5. The van der Waals surface area contributed by atoms with Gasteiger partial charge in [0.1, 0.15) is 0 Å². The molecule has 0 radical (unpaired) electrons. The summed E-state index contributed by atoms with van der Waals surface area (Å²) in [5.41, 5.74) is 0. The normalized spacial score (nSPS) is 10.6. The molecule has 116 valence electrons. The summed E-state index contributed by atoms with van der Waals surface area (Å²) in [5, 5.41) is 0. The molecule has 0 atom stereocenters. The molecule has 0 spiro atoms. The molecule has 10 nitrogen and oxygen atoms in total. The third-order valence-corrected chi connectivity index (χ3v) is 1.34. The first-order valence-electron chi connectivity index (χ1n) is 4.64. The molecule has 0 heterocycles. The van der Waals surface area contributed by atoms with Crippen LogP contribution >= 0.6 is 15.6 Å². The van der Waals surface area contributed by atoms with E-state index in [1.165, 1.54) is 19.6 Å². The lowest BCUT2D eigenvalue weighted by Gasteiger charge is -2.13. The molecule has 0 aliphatic rings. The Morgan fingerprint density at radius 2 is 0.833 bits per heavy atom. The fourth-order valence-electron chi connectivity index (χ4n) is 0.671. The second kappa shape index (κ2) is 13.6. The summed E-state index contributed by atoms with van der Waals surface area (Å²) in [6.07, 6.45) is 0. The highest BCUT2D eigenvalue weighted by Crippen LogP contribution is 2.26. The zero-order valence-electron chi connectivity index (χ0n) is 10.7. The van der Waals surface area contributed by atoms with Crippen LogP contribution in [-0.4, -0.2) is 53.9 Å². The lowest BCUT2D eigenvalue weighted by Crippen LogP contribution is -2.21. The molecule has 0 unspecified atom stereocenters. The Kier molecular flexibility index (Phi) is 20.1. The van der Waals surface area contributed by atoms with Gasteiger partial charge in [0.2, 0.25) is 0 Å². The van der Waals surface area contributed by atoms with Crippen molar-refractivity contribution in [3.05, 3.63) is 0 Å². The van der Waals surface area contributed by atoms with Crippen molar-refractivity contribution in [2.75, 3.05) is 19.6 Å². The van der Waals surface area contributed by atoms with Crippen molar-refractivity contribution in [2.45, 2.75) is 20.8 Å².